The van der Waals surface area contributed by atoms with Crippen LogP contribution in [-0.2, 0) is 4.79 Å². The van der Waals surface area contributed by atoms with Crippen LogP contribution in [0.15, 0.2) is 30.5 Å². The van der Waals surface area contributed by atoms with Gasteiger partial charge in [0.2, 0.25) is 5.91 Å². The van der Waals surface area contributed by atoms with Crippen LogP contribution in [0.2, 0.25) is 5.15 Å². The van der Waals surface area contributed by atoms with Gasteiger partial charge < -0.3 is 10.1 Å². The molecule has 0 saturated heterocycles. The lowest BCUT2D eigenvalue weighted by Crippen LogP contribution is -2.04. The normalized spacial score (nSPS) is 10.7. The van der Waals surface area contributed by atoms with Gasteiger partial charge in [-0.2, -0.15) is 0 Å². The number of nitrogens with one attached hydrogen (secondary N) is 1. The quantitative estimate of drug-likeness (QED) is 0.736. The molecule has 22 heavy (non-hydrogen) atoms. The molecule has 0 unspecified atom stereocenters. The van der Waals surface area contributed by atoms with Crippen LogP contribution in [0.3, 0.4) is 0 Å². The van der Waals surface area contributed by atoms with Crippen LogP contribution in [0.5, 0.6) is 5.75 Å². The van der Waals surface area contributed by atoms with E-state index in [0.29, 0.717) is 16.0 Å². The molecule has 2 aromatic heterocycles. The predicted molar refractivity (Wildman–Crippen MR) is 88.7 cm³/mol. The monoisotopic (exact) mass is 333 g/mol. The first kappa shape index (κ1) is 14.7. The average Bonchev–Trinajstić information content (AvgIpc) is 2.88. The Morgan fingerprint density at radius 3 is 2.86 bits per heavy atom. The van der Waals surface area contributed by atoms with Crippen LogP contribution in [0.25, 0.3) is 21.3 Å². The summed E-state index contributed by atoms with van der Waals surface area (Å²) in [7, 11) is 1.55. The van der Waals surface area contributed by atoms with Gasteiger partial charge >= 0.3 is 0 Å². The van der Waals surface area contributed by atoms with Crippen molar-refractivity contribution >= 4 is 44.2 Å². The maximum absolute atomic E-state index is 11.1. The number of anilines is 1. The summed E-state index contributed by atoms with van der Waals surface area (Å²) in [6.07, 6.45) is 1.70. The number of rotatable bonds is 3. The molecule has 0 fully saturated rings. The van der Waals surface area contributed by atoms with E-state index in [1.54, 1.807) is 13.3 Å². The number of ether oxygens (including phenoxy) is 1. The average molecular weight is 334 g/mol. The van der Waals surface area contributed by atoms with E-state index in [1.807, 2.05) is 24.3 Å². The van der Waals surface area contributed by atoms with Gasteiger partial charge in [-0.3, -0.25) is 4.79 Å². The summed E-state index contributed by atoms with van der Waals surface area (Å²) >= 11 is 7.37. The number of carbonyl (C=O) groups excluding carboxylic acids is 1. The topological polar surface area (TPSA) is 64.1 Å². The van der Waals surface area contributed by atoms with Crippen molar-refractivity contribution in [2.45, 2.75) is 6.92 Å². The summed E-state index contributed by atoms with van der Waals surface area (Å²) in [5, 5.41) is 3.62. The minimum atomic E-state index is -0.133. The number of methoxy groups -OCH3 is 1. The molecule has 0 saturated carbocycles. The third kappa shape index (κ3) is 2.88. The smallest absolute Gasteiger partial charge is 0.223 e. The fourth-order valence-corrected chi connectivity index (χ4v) is 3.17. The standard InChI is InChI=1S/C15H12ClN3O2S/c1-8(20)18-15-19-11-4-3-9(6-13(11)22-15)10-5-12(21-2)14(16)17-7-10/h3-7H,1-2H3,(H,18,19,20). The van der Waals surface area contributed by atoms with Crippen molar-refractivity contribution in [3.8, 4) is 16.9 Å². The fourth-order valence-electron chi connectivity index (χ4n) is 2.04. The Balaban J connectivity index is 2.02. The molecule has 5 nitrogen and oxygen atoms in total. The number of benzene rings is 1. The zero-order chi connectivity index (χ0) is 15.7. The summed E-state index contributed by atoms with van der Waals surface area (Å²) in [4.78, 5) is 19.6. The first-order valence-electron chi connectivity index (χ1n) is 6.45. The Kier molecular flexibility index (Phi) is 3.96. The molecular weight excluding hydrogens is 322 g/mol. The minimum Gasteiger partial charge on any atom is -0.494 e. The molecule has 1 N–H and O–H groups in total. The second kappa shape index (κ2) is 5.90. The number of carbonyl (C=O) groups is 1. The molecule has 0 bridgehead atoms. The number of fused-ring (bicyclic) bond motifs is 1. The Hall–Kier alpha value is -2.18. The number of halogens is 1. The number of hydrogen-bond acceptors (Lipinski definition) is 5. The van der Waals surface area contributed by atoms with Crippen molar-refractivity contribution in [1.29, 1.82) is 0 Å². The van der Waals surface area contributed by atoms with Crippen LogP contribution in [-0.4, -0.2) is 23.0 Å². The Morgan fingerprint density at radius 2 is 2.14 bits per heavy atom. The van der Waals surface area contributed by atoms with Gasteiger partial charge in [0.1, 0.15) is 0 Å². The first-order valence-corrected chi connectivity index (χ1v) is 7.64. The highest BCUT2D eigenvalue weighted by molar-refractivity contribution is 7.22. The maximum atomic E-state index is 11.1. The molecule has 0 aliphatic heterocycles. The molecule has 2 heterocycles. The summed E-state index contributed by atoms with van der Waals surface area (Å²) in [5.74, 6) is 0.397. The second-order valence-electron chi connectivity index (χ2n) is 4.60. The highest BCUT2D eigenvalue weighted by Crippen LogP contribution is 2.32. The molecule has 0 aliphatic rings. The lowest BCUT2D eigenvalue weighted by Gasteiger charge is -2.05. The summed E-state index contributed by atoms with van der Waals surface area (Å²) in [6.45, 7) is 1.46. The van der Waals surface area contributed by atoms with Gasteiger partial charge in [0.25, 0.3) is 0 Å². The number of nitrogens with zero attached hydrogens (tertiary/aromatic N) is 2. The van der Waals surface area contributed by atoms with Gasteiger partial charge in [-0.1, -0.05) is 29.0 Å². The van der Waals surface area contributed by atoms with E-state index in [9.17, 15) is 4.79 Å². The Bertz CT molecular complexity index is 863. The van der Waals surface area contributed by atoms with Crippen molar-refractivity contribution in [1.82, 2.24) is 9.97 Å². The molecule has 3 rings (SSSR count). The van der Waals surface area contributed by atoms with Gasteiger partial charge in [-0.25, -0.2) is 9.97 Å². The number of pyridine rings is 1. The predicted octanol–water partition coefficient (Wildman–Crippen LogP) is 3.98. The van der Waals surface area contributed by atoms with E-state index in [-0.39, 0.29) is 5.91 Å². The van der Waals surface area contributed by atoms with Gasteiger partial charge in [-0.05, 0) is 23.8 Å². The van der Waals surface area contributed by atoms with Crippen LogP contribution >= 0.6 is 22.9 Å². The number of aromatic nitrogens is 2. The zero-order valence-electron chi connectivity index (χ0n) is 11.9. The highest BCUT2D eigenvalue weighted by atomic mass is 35.5. The molecule has 112 valence electrons. The van der Waals surface area contributed by atoms with E-state index in [4.69, 9.17) is 16.3 Å². The van der Waals surface area contributed by atoms with Crippen molar-refractivity contribution in [3.63, 3.8) is 0 Å². The summed E-state index contributed by atoms with van der Waals surface area (Å²) in [5.41, 5.74) is 2.72. The lowest BCUT2D eigenvalue weighted by molar-refractivity contribution is -0.114. The van der Waals surface area contributed by atoms with Crippen LogP contribution in [0.1, 0.15) is 6.92 Å². The molecule has 7 heteroatoms. The van der Waals surface area contributed by atoms with Gasteiger partial charge in [0.15, 0.2) is 16.0 Å². The van der Waals surface area contributed by atoms with Crippen molar-refractivity contribution < 1.29 is 9.53 Å². The van der Waals surface area contributed by atoms with Crippen molar-refractivity contribution in [2.75, 3.05) is 12.4 Å². The van der Waals surface area contributed by atoms with E-state index < -0.39 is 0 Å². The third-order valence-corrected chi connectivity index (χ3v) is 4.25. The van der Waals surface area contributed by atoms with E-state index in [2.05, 4.69) is 15.3 Å². The fraction of sp³-hybridized carbons (Fsp3) is 0.133. The Labute approximate surface area is 135 Å². The van der Waals surface area contributed by atoms with Gasteiger partial charge in [0, 0.05) is 18.7 Å². The lowest BCUT2D eigenvalue weighted by atomic mass is 10.1. The second-order valence-corrected chi connectivity index (χ2v) is 5.99. The minimum absolute atomic E-state index is 0.133. The van der Waals surface area contributed by atoms with Gasteiger partial charge in [-0.15, -0.1) is 0 Å². The zero-order valence-corrected chi connectivity index (χ0v) is 13.5. The van der Waals surface area contributed by atoms with E-state index >= 15 is 0 Å². The number of amides is 1. The molecule has 1 amide bonds. The first-order chi connectivity index (χ1) is 10.6. The number of thiazole rings is 1. The number of hydrogen-bond donors (Lipinski definition) is 1. The SMILES string of the molecule is COc1cc(-c2ccc3nc(NC(C)=O)sc3c2)cnc1Cl. The molecular formula is C15H12ClN3O2S. The van der Waals surface area contributed by atoms with Crippen molar-refractivity contribution in [2.24, 2.45) is 0 Å². The van der Waals surface area contributed by atoms with Crippen LogP contribution in [0, 0.1) is 0 Å². The highest BCUT2D eigenvalue weighted by Gasteiger charge is 2.09. The van der Waals surface area contributed by atoms with Gasteiger partial charge in [0.05, 0.1) is 17.3 Å². The largest absolute Gasteiger partial charge is 0.494 e. The van der Waals surface area contributed by atoms with Crippen molar-refractivity contribution in [3.05, 3.63) is 35.6 Å². The van der Waals surface area contributed by atoms with E-state index in [1.165, 1.54) is 18.3 Å². The summed E-state index contributed by atoms with van der Waals surface area (Å²) < 4.78 is 6.17. The summed E-state index contributed by atoms with van der Waals surface area (Å²) in [6, 6.07) is 7.70. The maximum Gasteiger partial charge on any atom is 0.223 e. The molecule has 0 radical (unpaired) electrons. The Morgan fingerprint density at radius 1 is 1.32 bits per heavy atom. The van der Waals surface area contributed by atoms with E-state index in [0.717, 1.165) is 21.3 Å². The third-order valence-electron chi connectivity index (χ3n) is 3.03. The molecule has 0 aliphatic carbocycles. The van der Waals surface area contributed by atoms with Crippen LogP contribution < -0.4 is 10.1 Å². The molecule has 3 aromatic rings. The molecule has 0 atom stereocenters. The molecule has 1 aromatic carbocycles. The molecule has 0 spiro atoms. The van der Waals surface area contributed by atoms with Crippen LogP contribution in [0.4, 0.5) is 5.13 Å².